The molecule has 4 rings (SSSR count). The van der Waals surface area contributed by atoms with Gasteiger partial charge < -0.3 is 4.74 Å². The number of benzene rings is 3. The molecule has 1 saturated carbocycles. The van der Waals surface area contributed by atoms with Crippen LogP contribution in [0.1, 0.15) is 44.6 Å². The second kappa shape index (κ2) is 6.14. The van der Waals surface area contributed by atoms with Crippen LogP contribution in [-0.4, -0.2) is 5.97 Å². The molecule has 1 fully saturated rings. The highest BCUT2D eigenvalue weighted by molar-refractivity contribution is 6.04. The number of hydrogen-bond acceptors (Lipinski definition) is 2. The highest BCUT2D eigenvalue weighted by Crippen LogP contribution is 2.47. The Morgan fingerprint density at radius 3 is 1.84 bits per heavy atom. The molecule has 1 aliphatic carbocycles. The number of halogens is 1. The Labute approximate surface area is 146 Å². The summed E-state index contributed by atoms with van der Waals surface area (Å²) >= 11 is 0. The summed E-state index contributed by atoms with van der Waals surface area (Å²) in [4.78, 5) is 11.9. The van der Waals surface area contributed by atoms with E-state index >= 15 is 4.39 Å². The predicted octanol–water partition coefficient (Wildman–Crippen LogP) is 5.85. The Morgan fingerprint density at radius 1 is 0.880 bits per heavy atom. The molecule has 0 amide bonds. The van der Waals surface area contributed by atoms with E-state index in [-0.39, 0.29) is 11.8 Å². The van der Waals surface area contributed by atoms with Gasteiger partial charge >= 0.3 is 5.97 Å². The van der Waals surface area contributed by atoms with E-state index in [1.165, 1.54) is 6.92 Å². The molecule has 3 aromatic carbocycles. The lowest BCUT2D eigenvalue weighted by Crippen LogP contribution is -2.34. The topological polar surface area (TPSA) is 26.3 Å². The minimum atomic E-state index is -0.670. The van der Waals surface area contributed by atoms with Crippen LogP contribution in [0.25, 0.3) is 21.5 Å². The third-order valence-electron chi connectivity index (χ3n) is 5.32. The first kappa shape index (κ1) is 16.1. The summed E-state index contributed by atoms with van der Waals surface area (Å²) in [6.07, 6.45) is 4.72. The average Bonchev–Trinajstić information content (AvgIpc) is 2.62. The highest BCUT2D eigenvalue weighted by atomic mass is 19.1. The molecule has 0 atom stereocenters. The fourth-order valence-corrected chi connectivity index (χ4v) is 4.37. The van der Waals surface area contributed by atoms with Crippen molar-refractivity contribution in [2.24, 2.45) is 0 Å². The third kappa shape index (κ3) is 2.58. The van der Waals surface area contributed by atoms with Gasteiger partial charge in [-0.05, 0) is 36.5 Å². The quantitative estimate of drug-likeness (QED) is 0.433. The van der Waals surface area contributed by atoms with Crippen molar-refractivity contribution in [1.29, 1.82) is 0 Å². The molecule has 0 aromatic heterocycles. The number of fused-ring (bicyclic) bond motifs is 2. The zero-order valence-electron chi connectivity index (χ0n) is 14.3. The Bertz CT molecular complexity index is 898. The minimum Gasteiger partial charge on any atom is -0.454 e. The lowest BCUT2D eigenvalue weighted by molar-refractivity contribution is -0.161. The summed E-state index contributed by atoms with van der Waals surface area (Å²) in [5.41, 5.74) is 0.298. The van der Waals surface area contributed by atoms with Gasteiger partial charge in [0.25, 0.3) is 0 Å². The fourth-order valence-electron chi connectivity index (χ4n) is 4.37. The van der Waals surface area contributed by atoms with Crippen molar-refractivity contribution in [2.45, 2.75) is 44.6 Å². The van der Waals surface area contributed by atoms with E-state index in [1.807, 2.05) is 48.5 Å². The molecule has 0 N–H and O–H groups in total. The number of carbonyl (C=O) groups is 1. The minimum absolute atomic E-state index is 0.205. The van der Waals surface area contributed by atoms with Crippen LogP contribution in [0.4, 0.5) is 4.39 Å². The largest absolute Gasteiger partial charge is 0.454 e. The number of esters is 1. The average molecular weight is 336 g/mol. The maximum absolute atomic E-state index is 15.1. The molecule has 1 aliphatic rings. The lowest BCUT2D eigenvalue weighted by Gasteiger charge is -2.38. The van der Waals surface area contributed by atoms with Crippen LogP contribution in [0.5, 0.6) is 0 Å². The first-order valence-electron chi connectivity index (χ1n) is 8.91. The number of carbonyl (C=O) groups excluding carboxylic acids is 1. The maximum Gasteiger partial charge on any atom is 0.303 e. The van der Waals surface area contributed by atoms with Crippen LogP contribution in [-0.2, 0) is 15.1 Å². The zero-order chi connectivity index (χ0) is 17.4. The van der Waals surface area contributed by atoms with Gasteiger partial charge in [-0.2, -0.15) is 0 Å². The monoisotopic (exact) mass is 336 g/mol. The Balaban J connectivity index is 2.13. The van der Waals surface area contributed by atoms with E-state index in [4.69, 9.17) is 4.74 Å². The zero-order valence-corrected chi connectivity index (χ0v) is 14.3. The van der Waals surface area contributed by atoms with Crippen LogP contribution < -0.4 is 0 Å². The third-order valence-corrected chi connectivity index (χ3v) is 5.32. The van der Waals surface area contributed by atoms with Gasteiger partial charge in [0, 0.05) is 23.3 Å². The van der Waals surface area contributed by atoms with Crippen molar-refractivity contribution in [3.8, 4) is 0 Å². The molecule has 25 heavy (non-hydrogen) atoms. The second-order valence-corrected chi connectivity index (χ2v) is 6.93. The van der Waals surface area contributed by atoms with Gasteiger partial charge in [-0.25, -0.2) is 4.39 Å². The van der Waals surface area contributed by atoms with Crippen molar-refractivity contribution in [3.63, 3.8) is 0 Å². The predicted molar refractivity (Wildman–Crippen MR) is 97.9 cm³/mol. The smallest absolute Gasteiger partial charge is 0.303 e. The van der Waals surface area contributed by atoms with Gasteiger partial charge in [0.05, 0.1) is 0 Å². The summed E-state index contributed by atoms with van der Waals surface area (Å²) in [6, 6.07) is 15.1. The number of rotatable bonds is 2. The molecule has 0 heterocycles. The first-order chi connectivity index (χ1) is 12.1. The summed E-state index contributed by atoms with van der Waals surface area (Å²) in [7, 11) is 0. The molecular weight excluding hydrogens is 315 g/mol. The molecule has 0 spiro atoms. The van der Waals surface area contributed by atoms with E-state index in [0.717, 1.165) is 48.4 Å². The van der Waals surface area contributed by atoms with Crippen molar-refractivity contribution < 1.29 is 13.9 Å². The van der Waals surface area contributed by atoms with Crippen LogP contribution in [0.15, 0.2) is 48.5 Å². The molecule has 2 nitrogen and oxygen atoms in total. The normalized spacial score (nSPS) is 16.9. The molecule has 0 radical (unpaired) electrons. The highest BCUT2D eigenvalue weighted by Gasteiger charge is 2.40. The molecule has 0 bridgehead atoms. The summed E-state index contributed by atoms with van der Waals surface area (Å²) in [5.74, 6) is -0.483. The second-order valence-electron chi connectivity index (χ2n) is 6.93. The molecule has 128 valence electrons. The van der Waals surface area contributed by atoms with Crippen molar-refractivity contribution in [2.75, 3.05) is 0 Å². The van der Waals surface area contributed by atoms with E-state index < -0.39 is 5.60 Å². The standard InChI is InChI=1S/C22H21FO2/c1-15(24)25-22(13-7-2-8-14-22)20-16-9-3-5-11-18(16)21(23)19-12-6-4-10-17(19)20/h3-6,9-12H,2,7-8,13-14H2,1H3. The molecule has 3 heteroatoms. The van der Waals surface area contributed by atoms with Crippen molar-refractivity contribution >= 4 is 27.5 Å². The van der Waals surface area contributed by atoms with Crippen LogP contribution >= 0.6 is 0 Å². The molecule has 0 saturated heterocycles. The van der Waals surface area contributed by atoms with Gasteiger partial charge in [-0.15, -0.1) is 0 Å². The fraction of sp³-hybridized carbons (Fsp3) is 0.318. The van der Waals surface area contributed by atoms with Crippen LogP contribution in [0.2, 0.25) is 0 Å². The number of ether oxygens (including phenoxy) is 1. The molecule has 0 unspecified atom stereocenters. The summed E-state index contributed by atoms with van der Waals surface area (Å²) in [6.45, 7) is 1.46. The Morgan fingerprint density at radius 2 is 1.36 bits per heavy atom. The number of hydrogen-bond donors (Lipinski definition) is 0. The molecular formula is C22H21FO2. The Kier molecular flexibility index (Phi) is 3.95. The molecule has 0 aliphatic heterocycles. The van der Waals surface area contributed by atoms with Crippen molar-refractivity contribution in [3.05, 3.63) is 59.9 Å². The summed E-state index contributed by atoms with van der Waals surface area (Å²) < 4.78 is 21.1. The van der Waals surface area contributed by atoms with Gasteiger partial charge in [0.1, 0.15) is 11.4 Å². The van der Waals surface area contributed by atoms with Gasteiger partial charge in [-0.3, -0.25) is 4.79 Å². The maximum atomic E-state index is 15.1. The van der Waals surface area contributed by atoms with Gasteiger partial charge in [0.15, 0.2) is 0 Å². The summed E-state index contributed by atoms with van der Waals surface area (Å²) in [5, 5.41) is 2.88. The van der Waals surface area contributed by atoms with Crippen LogP contribution in [0.3, 0.4) is 0 Å². The van der Waals surface area contributed by atoms with E-state index in [0.29, 0.717) is 10.8 Å². The van der Waals surface area contributed by atoms with Gasteiger partial charge in [0.2, 0.25) is 0 Å². The molecule has 3 aromatic rings. The first-order valence-corrected chi connectivity index (χ1v) is 8.91. The van der Waals surface area contributed by atoms with Gasteiger partial charge in [-0.1, -0.05) is 55.0 Å². The van der Waals surface area contributed by atoms with E-state index in [2.05, 4.69) is 0 Å². The lowest BCUT2D eigenvalue weighted by atomic mass is 9.75. The van der Waals surface area contributed by atoms with Crippen LogP contribution in [0, 0.1) is 5.82 Å². The van der Waals surface area contributed by atoms with E-state index in [1.54, 1.807) is 0 Å². The van der Waals surface area contributed by atoms with Crippen molar-refractivity contribution in [1.82, 2.24) is 0 Å². The Hall–Kier alpha value is -2.42. The van der Waals surface area contributed by atoms with E-state index in [9.17, 15) is 4.79 Å². The SMILES string of the molecule is CC(=O)OC1(c2c3ccccc3c(F)c3ccccc23)CCCCC1.